The number of halogens is 1. The third kappa shape index (κ3) is 2.83. The highest BCUT2D eigenvalue weighted by atomic mass is 19.1. The highest BCUT2D eigenvalue weighted by Gasteiger charge is 2.14. The van der Waals surface area contributed by atoms with Crippen molar-refractivity contribution < 1.29 is 14.0 Å². The summed E-state index contributed by atoms with van der Waals surface area (Å²) in [6, 6.07) is 10.1. The van der Waals surface area contributed by atoms with Crippen molar-refractivity contribution in [3.05, 3.63) is 65.0 Å². The first-order valence-corrected chi connectivity index (χ1v) is 5.95. The molecule has 0 atom stereocenters. The van der Waals surface area contributed by atoms with E-state index in [4.69, 9.17) is 5.73 Å². The van der Waals surface area contributed by atoms with Crippen LogP contribution in [0.2, 0.25) is 0 Å². The number of para-hydroxylation sites is 1. The predicted octanol–water partition coefficient (Wildman–Crippen LogP) is 2.49. The number of hydrogen-bond acceptors (Lipinski definition) is 2. The summed E-state index contributed by atoms with van der Waals surface area (Å²) < 4.78 is 12.8. The molecule has 0 saturated heterocycles. The maximum absolute atomic E-state index is 12.8. The van der Waals surface area contributed by atoms with E-state index in [1.165, 1.54) is 30.3 Å². The zero-order chi connectivity index (χ0) is 14.7. The van der Waals surface area contributed by atoms with Crippen LogP contribution in [0.25, 0.3) is 0 Å². The average molecular weight is 272 g/mol. The summed E-state index contributed by atoms with van der Waals surface area (Å²) in [7, 11) is 0. The van der Waals surface area contributed by atoms with Gasteiger partial charge in [0.25, 0.3) is 11.8 Å². The number of primary amides is 1. The van der Waals surface area contributed by atoms with E-state index < -0.39 is 17.6 Å². The number of amides is 2. The Morgan fingerprint density at radius 2 is 1.75 bits per heavy atom. The standard InChI is InChI=1S/C15H13FN2O2/c1-9-3-2-4-12(14(17)19)13(9)18-15(20)10-5-7-11(16)8-6-10/h2-8H,1H3,(H2,17,19)(H,18,20). The van der Waals surface area contributed by atoms with Crippen LogP contribution in [-0.2, 0) is 0 Å². The number of carbonyl (C=O) groups is 2. The molecule has 0 aromatic heterocycles. The Balaban J connectivity index is 2.32. The maximum atomic E-state index is 12.8. The third-order valence-corrected chi connectivity index (χ3v) is 2.88. The van der Waals surface area contributed by atoms with Gasteiger partial charge < -0.3 is 11.1 Å². The molecule has 0 spiro atoms. The summed E-state index contributed by atoms with van der Waals surface area (Å²) in [5.74, 6) is -1.47. The van der Waals surface area contributed by atoms with Crippen LogP contribution in [0.15, 0.2) is 42.5 Å². The van der Waals surface area contributed by atoms with Crippen molar-refractivity contribution in [2.75, 3.05) is 5.32 Å². The summed E-state index contributed by atoms with van der Waals surface area (Å²) in [5.41, 5.74) is 6.90. The third-order valence-electron chi connectivity index (χ3n) is 2.88. The lowest BCUT2D eigenvalue weighted by Crippen LogP contribution is -2.19. The second-order valence-corrected chi connectivity index (χ2v) is 4.32. The van der Waals surface area contributed by atoms with Gasteiger partial charge in [0.1, 0.15) is 5.82 Å². The van der Waals surface area contributed by atoms with Gasteiger partial charge >= 0.3 is 0 Å². The Bertz CT molecular complexity index is 666. The van der Waals surface area contributed by atoms with Gasteiger partial charge in [0.15, 0.2) is 0 Å². The number of aryl methyl sites for hydroxylation is 1. The van der Waals surface area contributed by atoms with Crippen molar-refractivity contribution in [2.45, 2.75) is 6.92 Å². The lowest BCUT2D eigenvalue weighted by atomic mass is 10.1. The highest BCUT2D eigenvalue weighted by molar-refractivity contribution is 6.09. The molecule has 2 rings (SSSR count). The van der Waals surface area contributed by atoms with E-state index in [1.807, 2.05) is 0 Å². The normalized spacial score (nSPS) is 10.1. The second kappa shape index (κ2) is 5.52. The number of rotatable bonds is 3. The van der Waals surface area contributed by atoms with Crippen molar-refractivity contribution in [3.8, 4) is 0 Å². The van der Waals surface area contributed by atoms with Crippen molar-refractivity contribution in [1.82, 2.24) is 0 Å². The van der Waals surface area contributed by atoms with Crippen LogP contribution >= 0.6 is 0 Å². The van der Waals surface area contributed by atoms with E-state index in [2.05, 4.69) is 5.32 Å². The Morgan fingerprint density at radius 3 is 2.35 bits per heavy atom. The van der Waals surface area contributed by atoms with Crippen LogP contribution in [0.4, 0.5) is 10.1 Å². The van der Waals surface area contributed by atoms with Crippen molar-refractivity contribution in [2.24, 2.45) is 5.73 Å². The first-order chi connectivity index (χ1) is 9.49. The SMILES string of the molecule is Cc1cccc(C(N)=O)c1NC(=O)c1ccc(F)cc1. The number of carbonyl (C=O) groups excluding carboxylic acids is 2. The zero-order valence-corrected chi connectivity index (χ0v) is 10.8. The molecule has 102 valence electrons. The largest absolute Gasteiger partial charge is 0.366 e. The Kier molecular flexibility index (Phi) is 3.79. The van der Waals surface area contributed by atoms with Crippen molar-refractivity contribution >= 4 is 17.5 Å². The van der Waals surface area contributed by atoms with Gasteiger partial charge in [-0.15, -0.1) is 0 Å². The van der Waals surface area contributed by atoms with Crippen LogP contribution in [0, 0.1) is 12.7 Å². The van der Waals surface area contributed by atoms with Crippen molar-refractivity contribution in [1.29, 1.82) is 0 Å². The Morgan fingerprint density at radius 1 is 1.10 bits per heavy atom. The maximum Gasteiger partial charge on any atom is 0.255 e. The predicted molar refractivity (Wildman–Crippen MR) is 74.1 cm³/mol. The van der Waals surface area contributed by atoms with Gasteiger partial charge in [-0.2, -0.15) is 0 Å². The highest BCUT2D eigenvalue weighted by Crippen LogP contribution is 2.21. The molecular weight excluding hydrogens is 259 g/mol. The van der Waals surface area contributed by atoms with Gasteiger partial charge in [0.05, 0.1) is 11.3 Å². The molecule has 0 unspecified atom stereocenters. The molecule has 0 heterocycles. The number of nitrogens with one attached hydrogen (secondary N) is 1. The molecule has 0 bridgehead atoms. The van der Waals surface area contributed by atoms with Gasteiger partial charge in [-0.3, -0.25) is 9.59 Å². The second-order valence-electron chi connectivity index (χ2n) is 4.32. The first kappa shape index (κ1) is 13.7. The fraction of sp³-hybridized carbons (Fsp3) is 0.0667. The summed E-state index contributed by atoms with van der Waals surface area (Å²) >= 11 is 0. The van der Waals surface area contributed by atoms with E-state index >= 15 is 0 Å². The van der Waals surface area contributed by atoms with Crippen LogP contribution in [0.3, 0.4) is 0 Å². The van der Waals surface area contributed by atoms with E-state index in [0.29, 0.717) is 11.3 Å². The monoisotopic (exact) mass is 272 g/mol. The molecule has 0 aliphatic heterocycles. The summed E-state index contributed by atoms with van der Waals surface area (Å²) in [6.07, 6.45) is 0. The van der Waals surface area contributed by atoms with Crippen LogP contribution < -0.4 is 11.1 Å². The number of hydrogen-bond donors (Lipinski definition) is 2. The van der Waals surface area contributed by atoms with Gasteiger partial charge in [-0.05, 0) is 42.8 Å². The topological polar surface area (TPSA) is 72.2 Å². The molecule has 0 saturated carbocycles. The molecule has 4 nitrogen and oxygen atoms in total. The number of anilines is 1. The van der Waals surface area contributed by atoms with Gasteiger partial charge in [-0.25, -0.2) is 4.39 Å². The molecule has 0 fully saturated rings. The minimum absolute atomic E-state index is 0.237. The van der Waals surface area contributed by atoms with Gasteiger partial charge in [-0.1, -0.05) is 12.1 Å². The lowest BCUT2D eigenvalue weighted by Gasteiger charge is -2.12. The van der Waals surface area contributed by atoms with Crippen LogP contribution in [0.5, 0.6) is 0 Å². The zero-order valence-electron chi connectivity index (χ0n) is 10.8. The molecule has 5 heteroatoms. The van der Waals surface area contributed by atoms with Crippen molar-refractivity contribution in [3.63, 3.8) is 0 Å². The fourth-order valence-electron chi connectivity index (χ4n) is 1.83. The van der Waals surface area contributed by atoms with E-state index in [-0.39, 0.29) is 5.56 Å². The fourth-order valence-corrected chi connectivity index (χ4v) is 1.83. The lowest BCUT2D eigenvalue weighted by molar-refractivity contribution is 0.100. The van der Waals surface area contributed by atoms with Gasteiger partial charge in [0, 0.05) is 5.56 Å². The molecule has 0 aliphatic carbocycles. The molecule has 3 N–H and O–H groups in total. The summed E-state index contributed by atoms with van der Waals surface area (Å²) in [6.45, 7) is 1.76. The molecular formula is C15H13FN2O2. The van der Waals surface area contributed by atoms with Crippen LogP contribution in [-0.4, -0.2) is 11.8 Å². The number of nitrogens with two attached hydrogens (primary N) is 1. The Labute approximate surface area is 115 Å². The van der Waals surface area contributed by atoms with Gasteiger partial charge in [0.2, 0.25) is 0 Å². The van der Waals surface area contributed by atoms with E-state index in [9.17, 15) is 14.0 Å². The molecule has 2 aromatic rings. The molecule has 0 radical (unpaired) electrons. The summed E-state index contributed by atoms with van der Waals surface area (Å²) in [5, 5.41) is 2.63. The molecule has 0 aliphatic rings. The summed E-state index contributed by atoms with van der Waals surface area (Å²) in [4.78, 5) is 23.4. The quantitative estimate of drug-likeness (QED) is 0.901. The van der Waals surface area contributed by atoms with Crippen LogP contribution in [0.1, 0.15) is 26.3 Å². The minimum Gasteiger partial charge on any atom is -0.366 e. The van der Waals surface area contributed by atoms with E-state index in [0.717, 1.165) is 5.56 Å². The molecule has 20 heavy (non-hydrogen) atoms. The molecule has 2 amide bonds. The smallest absolute Gasteiger partial charge is 0.255 e. The van der Waals surface area contributed by atoms with E-state index in [1.54, 1.807) is 19.1 Å². The number of benzene rings is 2. The molecule has 2 aromatic carbocycles. The first-order valence-electron chi connectivity index (χ1n) is 5.95. The Hall–Kier alpha value is -2.69. The minimum atomic E-state index is -0.622. The average Bonchev–Trinajstić information content (AvgIpc) is 2.41.